The fourth-order valence-corrected chi connectivity index (χ4v) is 2.26. The molecule has 3 heteroatoms. The standard InChI is InChI=1S/C13H11N3/c14-16-15-11-5-6-13-10(8-11)7-9-3-1-2-4-12(9)13/h1-6,8H,7H2,(H2,14,15). The largest absolute Gasteiger partial charge is 0.305 e. The van der Waals surface area contributed by atoms with E-state index in [-0.39, 0.29) is 0 Å². The molecule has 0 bridgehead atoms. The highest BCUT2D eigenvalue weighted by Crippen LogP contribution is 2.37. The molecule has 0 spiro atoms. The molecule has 2 aromatic rings. The van der Waals surface area contributed by atoms with Crippen LogP contribution in [0.5, 0.6) is 0 Å². The van der Waals surface area contributed by atoms with Gasteiger partial charge in [0, 0.05) is 0 Å². The van der Waals surface area contributed by atoms with Crippen molar-refractivity contribution in [3.05, 3.63) is 53.6 Å². The van der Waals surface area contributed by atoms with Crippen molar-refractivity contribution in [2.75, 3.05) is 0 Å². The van der Waals surface area contributed by atoms with Crippen molar-refractivity contribution in [3.63, 3.8) is 0 Å². The van der Waals surface area contributed by atoms with Crippen LogP contribution in [0, 0.1) is 0 Å². The van der Waals surface area contributed by atoms with E-state index in [0.29, 0.717) is 0 Å². The Balaban J connectivity index is 2.14. The Labute approximate surface area is 93.6 Å². The highest BCUT2D eigenvalue weighted by molar-refractivity contribution is 5.78. The van der Waals surface area contributed by atoms with Gasteiger partial charge in [-0.1, -0.05) is 35.6 Å². The maximum absolute atomic E-state index is 5.05. The lowest BCUT2D eigenvalue weighted by Crippen LogP contribution is -1.80. The summed E-state index contributed by atoms with van der Waals surface area (Å²) in [6.07, 6.45) is 0.972. The van der Waals surface area contributed by atoms with E-state index in [4.69, 9.17) is 5.84 Å². The average Bonchev–Trinajstić information content (AvgIpc) is 2.67. The summed E-state index contributed by atoms with van der Waals surface area (Å²) in [6.45, 7) is 0. The van der Waals surface area contributed by atoms with E-state index in [1.165, 1.54) is 22.3 Å². The third-order valence-electron chi connectivity index (χ3n) is 2.95. The number of hydrogen-bond acceptors (Lipinski definition) is 2. The lowest BCUT2D eigenvalue weighted by Gasteiger charge is -2.00. The molecule has 3 nitrogen and oxygen atoms in total. The highest BCUT2D eigenvalue weighted by Gasteiger charge is 2.17. The van der Waals surface area contributed by atoms with Crippen molar-refractivity contribution in [2.24, 2.45) is 16.2 Å². The minimum Gasteiger partial charge on any atom is -0.305 e. The number of nitrogens with zero attached hydrogens (tertiary/aromatic N) is 2. The van der Waals surface area contributed by atoms with Crippen LogP contribution >= 0.6 is 0 Å². The molecule has 78 valence electrons. The van der Waals surface area contributed by atoms with E-state index in [1.54, 1.807) is 0 Å². The molecule has 0 aliphatic heterocycles. The normalized spacial score (nSPS) is 12.8. The van der Waals surface area contributed by atoms with Crippen molar-refractivity contribution < 1.29 is 0 Å². The predicted octanol–water partition coefficient (Wildman–Crippen LogP) is 3.22. The summed E-state index contributed by atoms with van der Waals surface area (Å²) in [5, 5.41) is 7.16. The van der Waals surface area contributed by atoms with E-state index in [2.05, 4.69) is 40.7 Å². The summed E-state index contributed by atoms with van der Waals surface area (Å²) >= 11 is 0. The highest BCUT2D eigenvalue weighted by atomic mass is 15.3. The zero-order valence-corrected chi connectivity index (χ0v) is 8.72. The molecule has 3 rings (SSSR count). The number of fused-ring (bicyclic) bond motifs is 3. The van der Waals surface area contributed by atoms with Gasteiger partial charge < -0.3 is 5.84 Å². The molecule has 0 atom stereocenters. The molecule has 1 aliphatic carbocycles. The molecule has 0 fully saturated rings. The molecule has 0 saturated heterocycles. The summed E-state index contributed by atoms with van der Waals surface area (Å²) in [5.41, 5.74) is 6.11. The molecule has 0 unspecified atom stereocenters. The molecule has 16 heavy (non-hydrogen) atoms. The quantitative estimate of drug-likeness (QED) is 0.373. The van der Waals surface area contributed by atoms with Crippen molar-refractivity contribution in [1.82, 2.24) is 0 Å². The topological polar surface area (TPSA) is 50.7 Å². The average molecular weight is 209 g/mol. The minimum atomic E-state index is 0.814. The second kappa shape index (κ2) is 3.45. The van der Waals surface area contributed by atoms with Crippen molar-refractivity contribution in [3.8, 4) is 11.1 Å². The summed E-state index contributed by atoms with van der Waals surface area (Å²) < 4.78 is 0. The van der Waals surface area contributed by atoms with Gasteiger partial charge in [0.05, 0.1) is 5.69 Å². The third-order valence-corrected chi connectivity index (χ3v) is 2.95. The molecule has 1 aliphatic rings. The van der Waals surface area contributed by atoms with Crippen LogP contribution in [-0.2, 0) is 6.42 Å². The van der Waals surface area contributed by atoms with E-state index in [0.717, 1.165) is 12.1 Å². The predicted molar refractivity (Wildman–Crippen MR) is 63.4 cm³/mol. The maximum Gasteiger partial charge on any atom is 0.0877 e. The van der Waals surface area contributed by atoms with Crippen LogP contribution in [0.3, 0.4) is 0 Å². The van der Waals surface area contributed by atoms with Gasteiger partial charge in [0.1, 0.15) is 0 Å². The van der Waals surface area contributed by atoms with Gasteiger partial charge in [-0.3, -0.25) is 0 Å². The fraction of sp³-hybridized carbons (Fsp3) is 0.0769. The van der Waals surface area contributed by atoms with Crippen LogP contribution in [0.2, 0.25) is 0 Å². The lowest BCUT2D eigenvalue weighted by molar-refractivity contribution is 1.06. The van der Waals surface area contributed by atoms with E-state index >= 15 is 0 Å². The second-order valence-electron chi connectivity index (χ2n) is 3.89. The van der Waals surface area contributed by atoms with Gasteiger partial charge in [0.25, 0.3) is 0 Å². The van der Waals surface area contributed by atoms with Crippen LogP contribution in [0.1, 0.15) is 11.1 Å². The van der Waals surface area contributed by atoms with Gasteiger partial charge in [-0.15, -0.1) is 5.11 Å². The lowest BCUT2D eigenvalue weighted by atomic mass is 10.1. The van der Waals surface area contributed by atoms with Gasteiger partial charge in [-0.05, 0) is 40.8 Å². The zero-order chi connectivity index (χ0) is 11.0. The molecule has 0 heterocycles. The molecule has 0 saturated carbocycles. The molecule has 0 amide bonds. The number of nitrogens with two attached hydrogens (primary N) is 1. The number of hydrogen-bond donors (Lipinski definition) is 1. The molecule has 0 aromatic heterocycles. The Bertz CT molecular complexity index is 573. The van der Waals surface area contributed by atoms with E-state index in [9.17, 15) is 0 Å². The van der Waals surface area contributed by atoms with Gasteiger partial charge in [0.15, 0.2) is 0 Å². The number of rotatable bonds is 1. The first-order valence-electron chi connectivity index (χ1n) is 5.20. The van der Waals surface area contributed by atoms with Crippen LogP contribution in [0.25, 0.3) is 11.1 Å². The van der Waals surface area contributed by atoms with Crippen LogP contribution < -0.4 is 5.84 Å². The second-order valence-corrected chi connectivity index (χ2v) is 3.89. The van der Waals surface area contributed by atoms with Crippen molar-refractivity contribution in [1.29, 1.82) is 0 Å². The molecular weight excluding hydrogens is 198 g/mol. The van der Waals surface area contributed by atoms with Gasteiger partial charge in [-0.25, -0.2) is 0 Å². The SMILES string of the molecule is NN=Nc1ccc2c(c1)Cc1ccccc1-2. The minimum absolute atomic E-state index is 0.814. The third kappa shape index (κ3) is 1.29. The van der Waals surface area contributed by atoms with Crippen molar-refractivity contribution in [2.45, 2.75) is 6.42 Å². The van der Waals surface area contributed by atoms with Crippen molar-refractivity contribution >= 4 is 5.69 Å². The molecule has 2 aromatic carbocycles. The Morgan fingerprint density at radius 3 is 2.62 bits per heavy atom. The van der Waals surface area contributed by atoms with E-state index < -0.39 is 0 Å². The Kier molecular flexibility index (Phi) is 1.96. The summed E-state index contributed by atoms with van der Waals surface area (Å²) in [5.74, 6) is 5.05. The van der Waals surface area contributed by atoms with Crippen LogP contribution in [-0.4, -0.2) is 0 Å². The monoisotopic (exact) mass is 209 g/mol. The zero-order valence-electron chi connectivity index (χ0n) is 8.72. The first-order valence-corrected chi connectivity index (χ1v) is 5.20. The Hall–Kier alpha value is -2.16. The molecule has 0 radical (unpaired) electrons. The van der Waals surface area contributed by atoms with Crippen LogP contribution in [0.4, 0.5) is 5.69 Å². The first kappa shape index (κ1) is 9.09. The van der Waals surface area contributed by atoms with E-state index in [1.807, 2.05) is 12.1 Å². The smallest absolute Gasteiger partial charge is 0.0877 e. The van der Waals surface area contributed by atoms with Gasteiger partial charge in [0.2, 0.25) is 0 Å². The Morgan fingerprint density at radius 1 is 0.938 bits per heavy atom. The fourth-order valence-electron chi connectivity index (χ4n) is 2.26. The summed E-state index contributed by atoms with van der Waals surface area (Å²) in [6, 6.07) is 14.5. The first-order chi connectivity index (χ1) is 7.88. The maximum atomic E-state index is 5.05. The molecular formula is C13H11N3. The number of benzene rings is 2. The summed E-state index contributed by atoms with van der Waals surface area (Å²) in [4.78, 5) is 0. The van der Waals surface area contributed by atoms with Gasteiger partial charge in [-0.2, -0.15) is 0 Å². The van der Waals surface area contributed by atoms with Gasteiger partial charge >= 0.3 is 0 Å². The Morgan fingerprint density at radius 2 is 1.75 bits per heavy atom. The molecule has 2 N–H and O–H groups in total. The van der Waals surface area contributed by atoms with Crippen LogP contribution in [0.15, 0.2) is 52.8 Å². The summed E-state index contributed by atoms with van der Waals surface area (Å²) in [7, 11) is 0.